The minimum absolute atomic E-state index is 0.0411. The van der Waals surface area contributed by atoms with Gasteiger partial charge in [0.05, 0.1) is 37.4 Å². The molecule has 5 fully saturated rings. The van der Waals surface area contributed by atoms with E-state index in [4.69, 9.17) is 32.8 Å². The Bertz CT molecular complexity index is 1030. The average Bonchev–Trinajstić information content (AvgIpc) is 3.50. The van der Waals surface area contributed by atoms with Crippen molar-refractivity contribution < 1.29 is 9.53 Å². The molecule has 10 heteroatoms. The van der Waals surface area contributed by atoms with Crippen molar-refractivity contribution >= 4 is 23.7 Å². The van der Waals surface area contributed by atoms with E-state index < -0.39 is 12.1 Å². The molecule has 262 valence electrons. The summed E-state index contributed by atoms with van der Waals surface area (Å²) in [6.07, 6.45) is 17.7. The molecule has 46 heavy (non-hydrogen) atoms. The molecule has 0 radical (unpaired) electrons. The standard InChI is InChI=1S/C36H64ClN7O2/c1-3-12-35(2)13-9-26(37)20-40-29(19-35)32(33(38)39)34(45)42-30-21-41-28(25-7-5-4-6-8-25)18-31(30)43-15-10-27(11-16-43)44-17-14-36(22-44)23-46-24-36/h21,25-33,40H,3-20,22-24,38-39H2,1-2H3,(H,42,45). The molecule has 6 N–H and O–H groups in total. The number of hydrogen-bond donors (Lipinski definition) is 4. The SMILES string of the molecule is CCCC1(C)CCC(Cl)CNC(C(C(=O)NC2C=NC(C3CCCCC3)CC2N2CCC(N3CCC4(COC4)C3)CC2)C(N)N)C1. The van der Waals surface area contributed by atoms with Crippen molar-refractivity contribution in [2.45, 2.75) is 145 Å². The summed E-state index contributed by atoms with van der Waals surface area (Å²) in [5.74, 6) is 0.0822. The summed E-state index contributed by atoms with van der Waals surface area (Å²) >= 11 is 6.71. The van der Waals surface area contributed by atoms with Crippen molar-refractivity contribution in [2.75, 3.05) is 45.9 Å². The first kappa shape index (κ1) is 35.0. The predicted octanol–water partition coefficient (Wildman–Crippen LogP) is 3.87. The predicted molar refractivity (Wildman–Crippen MR) is 187 cm³/mol. The highest BCUT2D eigenvalue weighted by Crippen LogP contribution is 2.41. The number of carbonyl (C=O) groups is 1. The van der Waals surface area contributed by atoms with Crippen molar-refractivity contribution in [1.82, 2.24) is 20.4 Å². The molecule has 0 bridgehead atoms. The Morgan fingerprint density at radius 1 is 1.09 bits per heavy atom. The van der Waals surface area contributed by atoms with Crippen LogP contribution >= 0.6 is 11.6 Å². The lowest BCUT2D eigenvalue weighted by molar-refractivity contribution is -0.128. The first-order valence-electron chi connectivity index (χ1n) is 19.0. The molecule has 0 aromatic rings. The minimum Gasteiger partial charge on any atom is -0.380 e. The van der Waals surface area contributed by atoms with Gasteiger partial charge in [-0.1, -0.05) is 39.5 Å². The minimum atomic E-state index is -0.758. The van der Waals surface area contributed by atoms with E-state index in [-0.39, 0.29) is 34.8 Å². The summed E-state index contributed by atoms with van der Waals surface area (Å²) in [5.41, 5.74) is 13.4. The fourth-order valence-corrected chi connectivity index (χ4v) is 10.4. The zero-order valence-electron chi connectivity index (χ0n) is 28.8. The summed E-state index contributed by atoms with van der Waals surface area (Å²) in [5, 5.41) is 7.17. The quantitative estimate of drug-likeness (QED) is 0.219. The smallest absolute Gasteiger partial charge is 0.228 e. The number of ether oxygens (including phenoxy) is 1. The summed E-state index contributed by atoms with van der Waals surface area (Å²) in [6.45, 7) is 11.7. The zero-order chi connectivity index (χ0) is 32.3. The Balaban J connectivity index is 1.15. The molecular weight excluding hydrogens is 598 g/mol. The normalized spacial score (nSPS) is 37.6. The van der Waals surface area contributed by atoms with Crippen LogP contribution in [0.1, 0.15) is 104 Å². The number of nitrogens with one attached hydrogen (secondary N) is 2. The number of nitrogens with zero attached hydrogens (tertiary/aromatic N) is 3. The highest BCUT2D eigenvalue weighted by Gasteiger charge is 2.47. The highest BCUT2D eigenvalue weighted by molar-refractivity contribution is 6.20. The van der Waals surface area contributed by atoms with Gasteiger partial charge >= 0.3 is 0 Å². The second-order valence-corrected chi connectivity index (χ2v) is 17.2. The third-order valence-electron chi connectivity index (χ3n) is 13.0. The first-order chi connectivity index (χ1) is 22.2. The van der Waals surface area contributed by atoms with Crippen LogP contribution in [0.4, 0.5) is 0 Å². The number of nitrogens with two attached hydrogens (primary N) is 2. The fraction of sp³-hybridized carbons (Fsp3) is 0.944. The summed E-state index contributed by atoms with van der Waals surface area (Å²) in [6, 6.07) is 1.00. The number of likely N-dealkylation sites (tertiary alicyclic amines) is 2. The fourth-order valence-electron chi connectivity index (χ4n) is 10.2. The number of hydrogen-bond acceptors (Lipinski definition) is 8. The van der Waals surface area contributed by atoms with Gasteiger partial charge in [0.1, 0.15) is 0 Å². The van der Waals surface area contributed by atoms with Gasteiger partial charge in [-0.3, -0.25) is 19.6 Å². The topological polar surface area (TPSA) is 121 Å². The van der Waals surface area contributed by atoms with Crippen LogP contribution in [-0.2, 0) is 9.53 Å². The molecule has 5 heterocycles. The van der Waals surface area contributed by atoms with Crippen molar-refractivity contribution in [1.29, 1.82) is 0 Å². The highest BCUT2D eigenvalue weighted by atomic mass is 35.5. The van der Waals surface area contributed by atoms with E-state index >= 15 is 0 Å². The van der Waals surface area contributed by atoms with Gasteiger partial charge < -0.3 is 26.8 Å². The van der Waals surface area contributed by atoms with E-state index in [0.29, 0.717) is 30.0 Å². The van der Waals surface area contributed by atoms with Crippen molar-refractivity contribution in [3.05, 3.63) is 0 Å². The zero-order valence-corrected chi connectivity index (χ0v) is 29.6. The third-order valence-corrected chi connectivity index (χ3v) is 13.4. The van der Waals surface area contributed by atoms with Gasteiger partial charge in [-0.2, -0.15) is 0 Å². The monoisotopic (exact) mass is 661 g/mol. The maximum atomic E-state index is 14.3. The molecule has 1 amide bonds. The van der Waals surface area contributed by atoms with E-state index in [9.17, 15) is 4.79 Å². The maximum Gasteiger partial charge on any atom is 0.228 e. The van der Waals surface area contributed by atoms with E-state index in [0.717, 1.165) is 64.8 Å². The number of rotatable bonds is 9. The molecule has 6 rings (SSSR count). The van der Waals surface area contributed by atoms with Gasteiger partial charge in [0.25, 0.3) is 0 Å². The molecular formula is C36H64ClN7O2. The molecule has 7 atom stereocenters. The van der Waals surface area contributed by atoms with Gasteiger partial charge in [-0.25, -0.2) is 0 Å². The number of alkyl halides is 1. The first-order valence-corrected chi connectivity index (χ1v) is 19.4. The molecule has 9 nitrogen and oxygen atoms in total. The molecule has 1 spiro atoms. The molecule has 6 aliphatic rings. The van der Waals surface area contributed by atoms with Crippen molar-refractivity contribution in [3.8, 4) is 0 Å². The van der Waals surface area contributed by atoms with Crippen LogP contribution < -0.4 is 22.1 Å². The van der Waals surface area contributed by atoms with Crippen LogP contribution in [0.3, 0.4) is 0 Å². The number of amides is 1. The lowest BCUT2D eigenvalue weighted by Gasteiger charge is -2.46. The van der Waals surface area contributed by atoms with Crippen LogP contribution in [0.2, 0.25) is 0 Å². The summed E-state index contributed by atoms with van der Waals surface area (Å²) in [4.78, 5) is 24.9. The van der Waals surface area contributed by atoms with Crippen LogP contribution in [0.5, 0.6) is 0 Å². The molecule has 0 aromatic carbocycles. The van der Waals surface area contributed by atoms with Crippen LogP contribution in [0, 0.1) is 22.7 Å². The Morgan fingerprint density at radius 2 is 1.85 bits per heavy atom. The van der Waals surface area contributed by atoms with Crippen LogP contribution in [0.15, 0.2) is 4.99 Å². The number of halogens is 1. The molecule has 7 unspecified atom stereocenters. The Hall–Kier alpha value is -0.810. The molecule has 0 aromatic heterocycles. The Kier molecular flexibility index (Phi) is 11.7. The largest absolute Gasteiger partial charge is 0.380 e. The van der Waals surface area contributed by atoms with Crippen molar-refractivity contribution in [3.63, 3.8) is 0 Å². The van der Waals surface area contributed by atoms with Gasteiger partial charge in [0, 0.05) is 61.3 Å². The summed E-state index contributed by atoms with van der Waals surface area (Å²) < 4.78 is 5.60. The van der Waals surface area contributed by atoms with Gasteiger partial charge in [-0.15, -0.1) is 11.6 Å². The van der Waals surface area contributed by atoms with Gasteiger partial charge in [0.15, 0.2) is 0 Å². The van der Waals surface area contributed by atoms with Gasteiger partial charge in [-0.05, 0) is 82.1 Å². The maximum absolute atomic E-state index is 14.3. The number of piperidine rings is 1. The van der Waals surface area contributed by atoms with E-state index in [1.54, 1.807) is 0 Å². The second-order valence-electron chi connectivity index (χ2n) is 16.6. The van der Waals surface area contributed by atoms with E-state index in [1.807, 2.05) is 0 Å². The van der Waals surface area contributed by atoms with E-state index in [2.05, 4.69) is 40.5 Å². The van der Waals surface area contributed by atoms with Crippen LogP contribution in [0.25, 0.3) is 0 Å². The lowest BCUT2D eigenvalue weighted by Crippen LogP contribution is -2.63. The molecule has 5 aliphatic heterocycles. The lowest BCUT2D eigenvalue weighted by atomic mass is 9.72. The Labute approximate surface area is 283 Å². The Morgan fingerprint density at radius 3 is 2.50 bits per heavy atom. The molecule has 1 aliphatic carbocycles. The van der Waals surface area contributed by atoms with E-state index in [1.165, 1.54) is 64.5 Å². The molecule has 1 saturated carbocycles. The summed E-state index contributed by atoms with van der Waals surface area (Å²) in [7, 11) is 0. The molecule has 4 saturated heterocycles. The van der Waals surface area contributed by atoms with Crippen LogP contribution in [-0.4, -0.2) is 110 Å². The second kappa shape index (κ2) is 15.4. The average molecular weight is 662 g/mol. The van der Waals surface area contributed by atoms with Crippen molar-refractivity contribution in [2.24, 2.45) is 39.1 Å². The number of aliphatic imine (C=N–C) groups is 1. The number of carbonyl (C=O) groups excluding carboxylic acids is 1. The van der Waals surface area contributed by atoms with Gasteiger partial charge in [0.2, 0.25) is 5.91 Å². The third kappa shape index (κ3) is 8.14.